The maximum absolute atomic E-state index is 10.9. The molecule has 92 valence electrons. The minimum Gasteiger partial charge on any atom is -0.478 e. The molecule has 0 spiro atoms. The molecular formula is C12H9ClN2O2S. The number of aromatic nitrogens is 1. The molecular weight excluding hydrogens is 272 g/mol. The van der Waals surface area contributed by atoms with Crippen LogP contribution in [-0.2, 0) is 13.1 Å². The summed E-state index contributed by atoms with van der Waals surface area (Å²) in [4.78, 5) is 17.2. The van der Waals surface area contributed by atoms with Gasteiger partial charge in [0, 0.05) is 18.5 Å². The molecule has 0 radical (unpaired) electrons. The van der Waals surface area contributed by atoms with Crippen molar-refractivity contribution in [3.8, 4) is 0 Å². The predicted octanol–water partition coefficient (Wildman–Crippen LogP) is 3.01. The largest absolute Gasteiger partial charge is 0.478 e. The molecule has 4 nitrogen and oxygen atoms in total. The molecule has 2 heterocycles. The molecule has 0 fully saturated rings. The van der Waals surface area contributed by atoms with Crippen LogP contribution in [0.15, 0.2) is 23.6 Å². The fourth-order valence-electron chi connectivity index (χ4n) is 2.05. The van der Waals surface area contributed by atoms with Gasteiger partial charge in [-0.3, -0.25) is 0 Å². The summed E-state index contributed by atoms with van der Waals surface area (Å²) in [6, 6.07) is 5.24. The van der Waals surface area contributed by atoms with Crippen LogP contribution in [0.3, 0.4) is 0 Å². The molecule has 0 unspecified atom stereocenters. The molecule has 1 aromatic heterocycles. The third kappa shape index (κ3) is 1.95. The zero-order valence-electron chi connectivity index (χ0n) is 9.26. The number of carboxylic acid groups (broad SMARTS) is 1. The van der Waals surface area contributed by atoms with Gasteiger partial charge in [0.15, 0.2) is 5.13 Å². The topological polar surface area (TPSA) is 53.4 Å². The highest BCUT2D eigenvalue weighted by Gasteiger charge is 2.22. The lowest BCUT2D eigenvalue weighted by Crippen LogP contribution is -2.13. The van der Waals surface area contributed by atoms with E-state index >= 15 is 0 Å². The van der Waals surface area contributed by atoms with Crippen LogP contribution in [0.4, 0.5) is 5.13 Å². The van der Waals surface area contributed by atoms with Crippen LogP contribution in [-0.4, -0.2) is 16.1 Å². The molecule has 18 heavy (non-hydrogen) atoms. The summed E-state index contributed by atoms with van der Waals surface area (Å²) < 4.78 is 0. The monoisotopic (exact) mass is 280 g/mol. The van der Waals surface area contributed by atoms with Gasteiger partial charge in [-0.05, 0) is 23.3 Å². The molecule has 2 aromatic rings. The molecule has 0 saturated heterocycles. The second-order valence-corrected chi connectivity index (χ2v) is 5.32. The highest BCUT2D eigenvalue weighted by molar-refractivity contribution is 7.14. The number of nitrogens with zero attached hydrogens (tertiary/aromatic N) is 2. The van der Waals surface area contributed by atoms with E-state index in [-0.39, 0.29) is 0 Å². The summed E-state index contributed by atoms with van der Waals surface area (Å²) in [6.45, 7) is 1.43. The fourth-order valence-corrected chi connectivity index (χ4v) is 3.00. The molecule has 0 aliphatic carbocycles. The van der Waals surface area contributed by atoms with Crippen molar-refractivity contribution in [1.82, 2.24) is 4.98 Å². The summed E-state index contributed by atoms with van der Waals surface area (Å²) in [5.41, 5.74) is 2.51. The van der Waals surface area contributed by atoms with E-state index in [1.807, 2.05) is 6.07 Å². The second-order valence-electron chi connectivity index (χ2n) is 4.10. The summed E-state index contributed by atoms with van der Waals surface area (Å²) in [5, 5.41) is 12.1. The fraction of sp³-hybridized carbons (Fsp3) is 0.167. The van der Waals surface area contributed by atoms with Crippen molar-refractivity contribution < 1.29 is 9.90 Å². The minimum atomic E-state index is -0.895. The van der Waals surface area contributed by atoms with E-state index < -0.39 is 5.97 Å². The molecule has 1 aliphatic heterocycles. The number of rotatable bonds is 2. The number of anilines is 1. The Balaban J connectivity index is 1.89. The minimum absolute atomic E-state index is 0.327. The molecule has 0 amide bonds. The van der Waals surface area contributed by atoms with Crippen LogP contribution in [0, 0.1) is 0 Å². The predicted molar refractivity (Wildman–Crippen MR) is 70.4 cm³/mol. The molecule has 0 atom stereocenters. The standard InChI is InChI=1S/C12H9ClN2O2S/c13-10-6-18-12(14-10)15-4-8-2-1-7(11(16)17)3-9(8)5-15/h1-3,6H,4-5H2,(H,16,17). The Kier molecular flexibility index (Phi) is 2.72. The van der Waals surface area contributed by atoms with E-state index in [0.29, 0.717) is 17.3 Å². The van der Waals surface area contributed by atoms with Crippen molar-refractivity contribution in [3.05, 3.63) is 45.4 Å². The van der Waals surface area contributed by atoms with Crippen LogP contribution in [0.1, 0.15) is 21.5 Å². The maximum atomic E-state index is 10.9. The summed E-state index contributed by atoms with van der Waals surface area (Å²) in [6.07, 6.45) is 0. The van der Waals surface area contributed by atoms with Crippen molar-refractivity contribution in [2.45, 2.75) is 13.1 Å². The van der Waals surface area contributed by atoms with Crippen LogP contribution >= 0.6 is 22.9 Å². The van der Waals surface area contributed by atoms with Gasteiger partial charge in [0.2, 0.25) is 0 Å². The molecule has 1 N–H and O–H groups in total. The number of benzene rings is 1. The number of hydrogen-bond donors (Lipinski definition) is 1. The lowest BCUT2D eigenvalue weighted by atomic mass is 10.1. The highest BCUT2D eigenvalue weighted by atomic mass is 35.5. The van der Waals surface area contributed by atoms with Gasteiger partial charge in [-0.25, -0.2) is 9.78 Å². The number of thiazole rings is 1. The van der Waals surface area contributed by atoms with Gasteiger partial charge in [0.25, 0.3) is 0 Å². The SMILES string of the molecule is O=C(O)c1ccc2c(c1)CN(c1nc(Cl)cs1)C2. The quantitative estimate of drug-likeness (QED) is 0.919. The first-order chi connectivity index (χ1) is 8.63. The third-order valence-electron chi connectivity index (χ3n) is 2.91. The Hall–Kier alpha value is -1.59. The molecule has 6 heteroatoms. The van der Waals surface area contributed by atoms with Crippen LogP contribution in [0.2, 0.25) is 5.15 Å². The van der Waals surface area contributed by atoms with Crippen LogP contribution in [0.25, 0.3) is 0 Å². The van der Waals surface area contributed by atoms with Gasteiger partial charge >= 0.3 is 5.97 Å². The number of fused-ring (bicyclic) bond motifs is 1. The van der Waals surface area contributed by atoms with Crippen molar-refractivity contribution in [2.24, 2.45) is 0 Å². The summed E-state index contributed by atoms with van der Waals surface area (Å²) in [7, 11) is 0. The van der Waals surface area contributed by atoms with E-state index in [4.69, 9.17) is 16.7 Å². The Bertz CT molecular complexity index is 626. The van der Waals surface area contributed by atoms with Crippen molar-refractivity contribution in [3.63, 3.8) is 0 Å². The van der Waals surface area contributed by atoms with E-state index in [1.54, 1.807) is 17.5 Å². The van der Waals surface area contributed by atoms with Crippen molar-refractivity contribution >= 4 is 34.0 Å². The number of hydrogen-bond acceptors (Lipinski definition) is 4. The molecule has 3 rings (SSSR count). The van der Waals surface area contributed by atoms with Crippen LogP contribution in [0.5, 0.6) is 0 Å². The maximum Gasteiger partial charge on any atom is 0.335 e. The summed E-state index contributed by atoms with van der Waals surface area (Å²) >= 11 is 7.31. The van der Waals surface area contributed by atoms with Crippen LogP contribution < -0.4 is 4.90 Å². The van der Waals surface area contributed by atoms with E-state index in [9.17, 15) is 4.79 Å². The Labute approximate surface area is 112 Å². The number of halogens is 1. The van der Waals surface area contributed by atoms with Crippen molar-refractivity contribution in [1.29, 1.82) is 0 Å². The first-order valence-corrected chi connectivity index (χ1v) is 6.60. The Morgan fingerprint density at radius 1 is 1.39 bits per heavy atom. The molecule has 1 aromatic carbocycles. The van der Waals surface area contributed by atoms with Gasteiger partial charge in [-0.2, -0.15) is 0 Å². The second kappa shape index (κ2) is 4.26. The lowest BCUT2D eigenvalue weighted by molar-refractivity contribution is 0.0697. The highest BCUT2D eigenvalue weighted by Crippen LogP contribution is 2.31. The zero-order chi connectivity index (χ0) is 12.7. The van der Waals surface area contributed by atoms with Gasteiger partial charge in [-0.1, -0.05) is 17.7 Å². The number of carbonyl (C=O) groups is 1. The van der Waals surface area contributed by atoms with Crippen molar-refractivity contribution in [2.75, 3.05) is 4.90 Å². The molecule has 0 saturated carbocycles. The lowest BCUT2D eigenvalue weighted by Gasteiger charge is -2.12. The molecule has 1 aliphatic rings. The van der Waals surface area contributed by atoms with E-state index in [0.717, 1.165) is 22.8 Å². The zero-order valence-corrected chi connectivity index (χ0v) is 10.8. The Morgan fingerprint density at radius 2 is 2.17 bits per heavy atom. The number of aromatic carboxylic acids is 1. The average molecular weight is 281 g/mol. The number of carboxylic acids is 1. The first kappa shape index (κ1) is 11.5. The Morgan fingerprint density at radius 3 is 2.83 bits per heavy atom. The average Bonchev–Trinajstić information content (AvgIpc) is 2.93. The van der Waals surface area contributed by atoms with Gasteiger partial charge < -0.3 is 10.0 Å². The van der Waals surface area contributed by atoms with E-state index in [1.165, 1.54) is 11.3 Å². The van der Waals surface area contributed by atoms with Gasteiger partial charge in [0.05, 0.1) is 5.56 Å². The third-order valence-corrected chi connectivity index (χ3v) is 4.13. The first-order valence-electron chi connectivity index (χ1n) is 5.34. The smallest absolute Gasteiger partial charge is 0.335 e. The van der Waals surface area contributed by atoms with E-state index in [2.05, 4.69) is 9.88 Å². The normalized spacial score (nSPS) is 13.7. The molecule has 0 bridgehead atoms. The van der Waals surface area contributed by atoms with Gasteiger partial charge in [0.1, 0.15) is 5.15 Å². The summed E-state index contributed by atoms with van der Waals surface area (Å²) in [5.74, 6) is -0.895. The van der Waals surface area contributed by atoms with Gasteiger partial charge in [-0.15, -0.1) is 11.3 Å².